The lowest BCUT2D eigenvalue weighted by atomic mass is 9.95. The lowest BCUT2D eigenvalue weighted by Crippen LogP contribution is -2.47. The number of aliphatic carboxylic acids is 1. The number of carboxylic acid groups (broad SMARTS) is 1. The molecule has 2 N–H and O–H groups in total. The van der Waals surface area contributed by atoms with Gasteiger partial charge >= 0.3 is 5.97 Å². The zero-order valence-corrected chi connectivity index (χ0v) is 13.9. The van der Waals surface area contributed by atoms with E-state index in [0.717, 1.165) is 19.4 Å². The monoisotopic (exact) mass is 292 g/mol. The molecular weight excluding hydrogens is 264 g/mol. The molecule has 0 aromatic heterocycles. The lowest BCUT2D eigenvalue weighted by molar-refractivity contribution is -0.144. The Bertz CT molecular complexity index is 488. The summed E-state index contributed by atoms with van der Waals surface area (Å²) < 4.78 is 0. The van der Waals surface area contributed by atoms with Gasteiger partial charge in [0.05, 0.1) is 0 Å². The summed E-state index contributed by atoms with van der Waals surface area (Å²) in [4.78, 5) is 13.4. The van der Waals surface area contributed by atoms with Crippen molar-refractivity contribution in [1.29, 1.82) is 0 Å². The van der Waals surface area contributed by atoms with Crippen LogP contribution in [0.15, 0.2) is 18.2 Å². The van der Waals surface area contributed by atoms with Crippen molar-refractivity contribution in [3.05, 3.63) is 29.3 Å². The number of nitrogens with zero attached hydrogens (tertiary/aromatic N) is 1. The van der Waals surface area contributed by atoms with Crippen LogP contribution in [0.25, 0.3) is 0 Å². The smallest absolute Gasteiger partial charge is 0.323 e. The number of rotatable bonds is 8. The summed E-state index contributed by atoms with van der Waals surface area (Å²) in [6.07, 6.45) is 2.51. The van der Waals surface area contributed by atoms with E-state index in [1.807, 2.05) is 0 Å². The van der Waals surface area contributed by atoms with E-state index in [0.29, 0.717) is 6.42 Å². The molecule has 0 aliphatic heterocycles. The van der Waals surface area contributed by atoms with Crippen LogP contribution < -0.4 is 10.2 Å². The number of nitrogens with one attached hydrogen (secondary N) is 1. The molecule has 118 valence electrons. The molecule has 1 aromatic rings. The van der Waals surface area contributed by atoms with Crippen LogP contribution in [0, 0.1) is 13.8 Å². The molecule has 1 atom stereocenters. The van der Waals surface area contributed by atoms with Gasteiger partial charge in [-0.1, -0.05) is 17.7 Å². The maximum absolute atomic E-state index is 11.2. The van der Waals surface area contributed by atoms with Crippen molar-refractivity contribution in [2.75, 3.05) is 25.5 Å². The molecule has 0 amide bonds. The number of anilines is 1. The maximum Gasteiger partial charge on any atom is 0.323 e. The zero-order chi connectivity index (χ0) is 16.0. The molecule has 4 heteroatoms. The summed E-state index contributed by atoms with van der Waals surface area (Å²) in [5.74, 6) is -0.785. The van der Waals surface area contributed by atoms with Crippen molar-refractivity contribution in [3.63, 3.8) is 0 Å². The Morgan fingerprint density at radius 1 is 1.33 bits per heavy atom. The van der Waals surface area contributed by atoms with Crippen LogP contribution in [0.5, 0.6) is 0 Å². The van der Waals surface area contributed by atoms with Gasteiger partial charge in [0.2, 0.25) is 0 Å². The molecule has 0 saturated carbocycles. The Morgan fingerprint density at radius 3 is 2.52 bits per heavy atom. The number of unbranched alkanes of at least 4 members (excludes halogenated alkanes) is 1. The first-order valence-electron chi connectivity index (χ1n) is 7.51. The highest BCUT2D eigenvalue weighted by Gasteiger charge is 2.30. The predicted molar refractivity (Wildman–Crippen MR) is 88.1 cm³/mol. The van der Waals surface area contributed by atoms with Gasteiger partial charge in [0.25, 0.3) is 0 Å². The standard InChI is InChI=1S/C17H28N2O2/c1-13-8-9-15(14(2)12-13)19(5)11-7-6-10-17(3,18-4)16(20)21/h8-9,12,18H,6-7,10-11H2,1-5H3,(H,20,21). The Hall–Kier alpha value is -1.55. The minimum absolute atomic E-state index is 0.638. The highest BCUT2D eigenvalue weighted by atomic mass is 16.4. The van der Waals surface area contributed by atoms with Gasteiger partial charge in [0, 0.05) is 19.3 Å². The van der Waals surface area contributed by atoms with Crippen molar-refractivity contribution in [2.24, 2.45) is 0 Å². The second kappa shape index (κ2) is 7.46. The first-order valence-corrected chi connectivity index (χ1v) is 7.51. The van der Waals surface area contributed by atoms with Gasteiger partial charge in [-0.05, 0) is 58.7 Å². The van der Waals surface area contributed by atoms with Gasteiger partial charge in [-0.2, -0.15) is 0 Å². The molecule has 0 bridgehead atoms. The highest BCUT2D eigenvalue weighted by Crippen LogP contribution is 2.21. The van der Waals surface area contributed by atoms with Gasteiger partial charge in [-0.15, -0.1) is 0 Å². The van der Waals surface area contributed by atoms with Gasteiger partial charge in [-0.25, -0.2) is 0 Å². The molecule has 0 aliphatic rings. The normalized spacial score (nSPS) is 13.8. The summed E-state index contributed by atoms with van der Waals surface area (Å²) in [7, 11) is 3.79. The van der Waals surface area contributed by atoms with E-state index in [1.165, 1.54) is 16.8 Å². The van der Waals surface area contributed by atoms with Crippen LogP contribution in [0.3, 0.4) is 0 Å². The number of hydrogen-bond donors (Lipinski definition) is 2. The lowest BCUT2D eigenvalue weighted by Gasteiger charge is -2.25. The van der Waals surface area contributed by atoms with Crippen LogP contribution in [-0.4, -0.2) is 37.3 Å². The number of hydrogen-bond acceptors (Lipinski definition) is 3. The molecule has 0 radical (unpaired) electrons. The van der Waals surface area contributed by atoms with Crippen LogP contribution in [-0.2, 0) is 4.79 Å². The van der Waals surface area contributed by atoms with E-state index >= 15 is 0 Å². The molecule has 1 unspecified atom stereocenters. The zero-order valence-electron chi connectivity index (χ0n) is 13.9. The third-order valence-corrected chi connectivity index (χ3v) is 4.21. The molecule has 1 aromatic carbocycles. The fraction of sp³-hybridized carbons (Fsp3) is 0.588. The number of benzene rings is 1. The molecule has 1 rings (SSSR count). The van der Waals surface area contributed by atoms with E-state index in [2.05, 4.69) is 49.3 Å². The molecule has 0 spiro atoms. The molecule has 0 fully saturated rings. The highest BCUT2D eigenvalue weighted by molar-refractivity contribution is 5.78. The number of likely N-dealkylation sites (N-methyl/N-ethyl adjacent to an activating group) is 1. The summed E-state index contributed by atoms with van der Waals surface area (Å²) >= 11 is 0. The Kier molecular flexibility index (Phi) is 6.21. The Balaban J connectivity index is 2.47. The topological polar surface area (TPSA) is 52.6 Å². The first kappa shape index (κ1) is 17.5. The Morgan fingerprint density at radius 2 is 2.00 bits per heavy atom. The number of carboxylic acids is 1. The Labute approximate surface area is 128 Å². The third kappa shape index (κ3) is 4.74. The van der Waals surface area contributed by atoms with E-state index in [9.17, 15) is 9.90 Å². The van der Waals surface area contributed by atoms with Crippen molar-refractivity contribution in [3.8, 4) is 0 Å². The van der Waals surface area contributed by atoms with E-state index in [1.54, 1.807) is 14.0 Å². The molecule has 0 saturated heterocycles. The van der Waals surface area contributed by atoms with Gasteiger partial charge in [-0.3, -0.25) is 4.79 Å². The van der Waals surface area contributed by atoms with E-state index in [-0.39, 0.29) is 0 Å². The number of aryl methyl sites for hydroxylation is 2. The SMILES string of the molecule is CNC(C)(CCCCN(C)c1ccc(C)cc1C)C(=O)O. The third-order valence-electron chi connectivity index (χ3n) is 4.21. The van der Waals surface area contributed by atoms with Crippen LogP contribution in [0.4, 0.5) is 5.69 Å². The molecule has 0 heterocycles. The summed E-state index contributed by atoms with van der Waals surface area (Å²) in [6.45, 7) is 6.90. The maximum atomic E-state index is 11.2. The first-order chi connectivity index (χ1) is 9.80. The average Bonchev–Trinajstić information content (AvgIpc) is 2.42. The second-order valence-corrected chi connectivity index (χ2v) is 6.06. The van der Waals surface area contributed by atoms with Gasteiger partial charge in [0.15, 0.2) is 0 Å². The van der Waals surface area contributed by atoms with Crippen LogP contribution in [0.2, 0.25) is 0 Å². The molecule has 21 heavy (non-hydrogen) atoms. The molecule has 4 nitrogen and oxygen atoms in total. The number of carbonyl (C=O) groups is 1. The summed E-state index contributed by atoms with van der Waals surface area (Å²) in [5, 5.41) is 12.1. The van der Waals surface area contributed by atoms with E-state index in [4.69, 9.17) is 0 Å². The fourth-order valence-corrected chi connectivity index (χ4v) is 2.52. The van der Waals surface area contributed by atoms with Crippen molar-refractivity contribution >= 4 is 11.7 Å². The van der Waals surface area contributed by atoms with Gasteiger partial charge < -0.3 is 15.3 Å². The predicted octanol–water partition coefficient (Wildman–Crippen LogP) is 2.97. The average molecular weight is 292 g/mol. The minimum Gasteiger partial charge on any atom is -0.480 e. The largest absolute Gasteiger partial charge is 0.480 e. The van der Waals surface area contributed by atoms with Crippen molar-refractivity contribution in [1.82, 2.24) is 5.32 Å². The van der Waals surface area contributed by atoms with Crippen molar-refractivity contribution in [2.45, 2.75) is 45.6 Å². The summed E-state index contributed by atoms with van der Waals surface area (Å²) in [5.41, 5.74) is 2.98. The minimum atomic E-state index is -0.821. The second-order valence-electron chi connectivity index (χ2n) is 6.06. The summed E-state index contributed by atoms with van der Waals surface area (Å²) in [6, 6.07) is 6.47. The van der Waals surface area contributed by atoms with Crippen LogP contribution >= 0.6 is 0 Å². The van der Waals surface area contributed by atoms with Crippen LogP contribution in [0.1, 0.15) is 37.3 Å². The van der Waals surface area contributed by atoms with Gasteiger partial charge in [0.1, 0.15) is 5.54 Å². The van der Waals surface area contributed by atoms with E-state index < -0.39 is 11.5 Å². The quantitative estimate of drug-likeness (QED) is 0.723. The fourth-order valence-electron chi connectivity index (χ4n) is 2.52. The molecular formula is C17H28N2O2. The molecule has 0 aliphatic carbocycles. The van der Waals surface area contributed by atoms with Crippen molar-refractivity contribution < 1.29 is 9.90 Å².